The summed E-state index contributed by atoms with van der Waals surface area (Å²) < 4.78 is 0. The molecule has 2 amide bonds. The fourth-order valence-corrected chi connectivity index (χ4v) is 2.63. The number of rotatable bonds is 14. The number of nitrogens with two attached hydrogens (primary N) is 1. The number of unbranched alkanes of at least 4 members (excludes halogenated alkanes) is 5. The minimum Gasteiger partial charge on any atom is -0.480 e. The number of hydrogen-bond acceptors (Lipinski definition) is 4. The lowest BCUT2D eigenvalue weighted by Gasteiger charge is -2.27. The minimum atomic E-state index is -1.11. The Morgan fingerprint density at radius 1 is 0.875 bits per heavy atom. The summed E-state index contributed by atoms with van der Waals surface area (Å²) in [4.78, 5) is 37.6. The maximum atomic E-state index is 12.5. The van der Waals surface area contributed by atoms with Crippen LogP contribution in [0.1, 0.15) is 84.5 Å². The number of carbonyl (C=O) groups is 3. The predicted molar refractivity (Wildman–Crippen MR) is 94.5 cm³/mol. The number of nitrogens with zero attached hydrogens (tertiary/aromatic N) is 1. The van der Waals surface area contributed by atoms with Gasteiger partial charge >= 0.3 is 5.97 Å². The highest BCUT2D eigenvalue weighted by Gasteiger charge is 2.33. The fraction of sp³-hybridized carbons (Fsp3) is 0.833. The van der Waals surface area contributed by atoms with E-state index in [9.17, 15) is 19.5 Å². The Morgan fingerprint density at radius 3 is 1.75 bits per heavy atom. The van der Waals surface area contributed by atoms with E-state index in [-0.39, 0.29) is 31.1 Å². The topological polar surface area (TPSA) is 101 Å². The summed E-state index contributed by atoms with van der Waals surface area (Å²) in [6.45, 7) is 4.54. The summed E-state index contributed by atoms with van der Waals surface area (Å²) in [7, 11) is 0. The molecule has 24 heavy (non-hydrogen) atoms. The quantitative estimate of drug-likeness (QED) is 0.472. The van der Waals surface area contributed by atoms with Crippen LogP contribution >= 0.6 is 0 Å². The average Bonchev–Trinajstić information content (AvgIpc) is 2.54. The maximum absolute atomic E-state index is 12.5. The first-order valence-corrected chi connectivity index (χ1v) is 9.27. The molecule has 0 fully saturated rings. The molecule has 0 saturated carbocycles. The minimum absolute atomic E-state index is 0.230. The molecule has 0 rings (SSSR count). The standard InChI is InChI=1S/C18H34N2O4/c1-3-5-7-12-16(21)20(17(22)13-8-6-4-2)15(18(23)24)11-9-10-14-19/h15H,3-14,19H2,1-2H3,(H,23,24)/t15-/m0/s1. The van der Waals surface area contributed by atoms with Crippen molar-refractivity contribution >= 4 is 17.8 Å². The molecule has 0 aromatic rings. The van der Waals surface area contributed by atoms with Crippen LogP contribution in [0.4, 0.5) is 0 Å². The smallest absolute Gasteiger partial charge is 0.326 e. The number of hydrogen-bond donors (Lipinski definition) is 2. The number of imide groups is 1. The molecule has 0 unspecified atom stereocenters. The molecule has 0 aliphatic carbocycles. The molecule has 0 aromatic carbocycles. The van der Waals surface area contributed by atoms with Gasteiger partial charge in [-0.2, -0.15) is 0 Å². The van der Waals surface area contributed by atoms with Gasteiger partial charge in [-0.3, -0.25) is 14.5 Å². The lowest BCUT2D eigenvalue weighted by atomic mass is 10.0. The summed E-state index contributed by atoms with van der Waals surface area (Å²) in [5, 5.41) is 9.51. The Morgan fingerprint density at radius 2 is 1.38 bits per heavy atom. The molecule has 0 saturated heterocycles. The molecular formula is C18H34N2O4. The van der Waals surface area contributed by atoms with Crippen molar-refractivity contribution in [3.63, 3.8) is 0 Å². The third kappa shape index (κ3) is 9.01. The van der Waals surface area contributed by atoms with Crippen LogP contribution in [-0.2, 0) is 14.4 Å². The van der Waals surface area contributed by atoms with E-state index in [4.69, 9.17) is 5.73 Å². The molecule has 0 aliphatic rings. The summed E-state index contributed by atoms with van der Waals surface area (Å²) in [6, 6.07) is -1.07. The van der Waals surface area contributed by atoms with E-state index < -0.39 is 12.0 Å². The van der Waals surface area contributed by atoms with Gasteiger partial charge in [0, 0.05) is 12.8 Å². The number of aliphatic carboxylic acids is 1. The highest BCUT2D eigenvalue weighted by molar-refractivity contribution is 5.99. The SMILES string of the molecule is CCCCCC(=O)N(C(=O)CCCCC)[C@@H](CCCCN)C(=O)O. The van der Waals surface area contributed by atoms with Crippen molar-refractivity contribution in [2.75, 3.05) is 6.54 Å². The lowest BCUT2D eigenvalue weighted by Crippen LogP contribution is -2.48. The van der Waals surface area contributed by atoms with Crippen LogP contribution in [0.2, 0.25) is 0 Å². The number of carboxylic acid groups (broad SMARTS) is 1. The molecule has 6 nitrogen and oxygen atoms in total. The summed E-state index contributed by atoms with van der Waals surface area (Å²) in [5.74, 6) is -1.82. The second-order valence-electron chi connectivity index (χ2n) is 6.21. The molecule has 6 heteroatoms. The first-order chi connectivity index (χ1) is 11.5. The number of carbonyl (C=O) groups excluding carboxylic acids is 2. The zero-order chi connectivity index (χ0) is 18.4. The van der Waals surface area contributed by atoms with Gasteiger partial charge in [0.05, 0.1) is 0 Å². The number of carboxylic acids is 1. The van der Waals surface area contributed by atoms with Crippen molar-refractivity contribution in [1.29, 1.82) is 0 Å². The third-order valence-electron chi connectivity index (χ3n) is 4.05. The largest absolute Gasteiger partial charge is 0.480 e. The van der Waals surface area contributed by atoms with Crippen LogP contribution < -0.4 is 5.73 Å². The van der Waals surface area contributed by atoms with Gasteiger partial charge in [0.15, 0.2) is 0 Å². The zero-order valence-electron chi connectivity index (χ0n) is 15.3. The van der Waals surface area contributed by atoms with E-state index in [0.717, 1.165) is 30.6 Å². The Labute approximate surface area is 145 Å². The second kappa shape index (κ2) is 14.0. The van der Waals surface area contributed by atoms with Gasteiger partial charge in [-0.05, 0) is 38.6 Å². The molecule has 1 atom stereocenters. The molecule has 140 valence electrons. The molecule has 0 aliphatic heterocycles. The van der Waals surface area contributed by atoms with Crippen molar-refractivity contribution in [2.24, 2.45) is 5.73 Å². The summed E-state index contributed by atoms with van der Waals surface area (Å²) in [5.41, 5.74) is 5.45. The Balaban J connectivity index is 5.04. The van der Waals surface area contributed by atoms with Crippen molar-refractivity contribution in [1.82, 2.24) is 4.90 Å². The molecule has 0 spiro atoms. The van der Waals surface area contributed by atoms with Crippen LogP contribution in [0.3, 0.4) is 0 Å². The lowest BCUT2D eigenvalue weighted by molar-refractivity contribution is -0.158. The van der Waals surface area contributed by atoms with E-state index in [1.54, 1.807) is 0 Å². The summed E-state index contributed by atoms with van der Waals surface area (Å²) >= 11 is 0. The zero-order valence-corrected chi connectivity index (χ0v) is 15.3. The second-order valence-corrected chi connectivity index (χ2v) is 6.21. The maximum Gasteiger partial charge on any atom is 0.326 e. The summed E-state index contributed by atoms with van der Waals surface area (Å²) in [6.07, 6.45) is 7.11. The van der Waals surface area contributed by atoms with E-state index in [0.29, 0.717) is 32.2 Å². The molecule has 0 aromatic heterocycles. The van der Waals surface area contributed by atoms with Crippen molar-refractivity contribution in [2.45, 2.75) is 90.5 Å². The van der Waals surface area contributed by atoms with Crippen molar-refractivity contribution in [3.8, 4) is 0 Å². The highest BCUT2D eigenvalue weighted by Crippen LogP contribution is 2.16. The van der Waals surface area contributed by atoms with Gasteiger partial charge in [-0.1, -0.05) is 39.5 Å². The van der Waals surface area contributed by atoms with Crippen molar-refractivity contribution < 1.29 is 19.5 Å². The van der Waals surface area contributed by atoms with Crippen molar-refractivity contribution in [3.05, 3.63) is 0 Å². The van der Waals surface area contributed by atoms with Crippen LogP contribution in [-0.4, -0.2) is 40.4 Å². The Kier molecular flexibility index (Phi) is 13.1. The third-order valence-corrected chi connectivity index (χ3v) is 4.05. The van der Waals surface area contributed by atoms with Crippen LogP contribution in [0.15, 0.2) is 0 Å². The van der Waals surface area contributed by atoms with E-state index in [2.05, 4.69) is 0 Å². The Bertz CT molecular complexity index is 363. The van der Waals surface area contributed by atoms with Gasteiger partial charge in [-0.15, -0.1) is 0 Å². The van der Waals surface area contributed by atoms with Crippen LogP contribution in [0.25, 0.3) is 0 Å². The molecular weight excluding hydrogens is 308 g/mol. The van der Waals surface area contributed by atoms with E-state index >= 15 is 0 Å². The van der Waals surface area contributed by atoms with Crippen LogP contribution in [0.5, 0.6) is 0 Å². The molecule has 0 radical (unpaired) electrons. The first-order valence-electron chi connectivity index (χ1n) is 9.27. The van der Waals surface area contributed by atoms with Gasteiger partial charge in [0.1, 0.15) is 6.04 Å². The first kappa shape index (κ1) is 22.6. The fourth-order valence-electron chi connectivity index (χ4n) is 2.63. The van der Waals surface area contributed by atoms with Gasteiger partial charge in [0.2, 0.25) is 11.8 Å². The average molecular weight is 342 g/mol. The van der Waals surface area contributed by atoms with Gasteiger partial charge in [-0.25, -0.2) is 4.79 Å². The number of amides is 2. The molecule has 0 heterocycles. The van der Waals surface area contributed by atoms with E-state index in [1.165, 1.54) is 0 Å². The monoisotopic (exact) mass is 342 g/mol. The Hall–Kier alpha value is -1.43. The van der Waals surface area contributed by atoms with Gasteiger partial charge < -0.3 is 10.8 Å². The van der Waals surface area contributed by atoms with Crippen LogP contribution in [0, 0.1) is 0 Å². The normalized spacial score (nSPS) is 12.0. The van der Waals surface area contributed by atoms with E-state index in [1.807, 2.05) is 13.8 Å². The molecule has 3 N–H and O–H groups in total. The van der Waals surface area contributed by atoms with Gasteiger partial charge in [0.25, 0.3) is 0 Å². The highest BCUT2D eigenvalue weighted by atomic mass is 16.4. The predicted octanol–water partition coefficient (Wildman–Crippen LogP) is 3.08. The molecule has 0 bridgehead atoms.